The number of hydrogen-bond donors (Lipinski definition) is 1. The van der Waals surface area contributed by atoms with Crippen LogP contribution in [0.4, 0.5) is 0 Å². The molecule has 1 aliphatic rings. The van der Waals surface area contributed by atoms with Gasteiger partial charge < -0.3 is 9.84 Å². The van der Waals surface area contributed by atoms with Gasteiger partial charge in [0.1, 0.15) is 5.92 Å². The number of nitrogens with zero attached hydrogens (tertiary/aromatic N) is 1. The number of hydrogen-bond acceptors (Lipinski definition) is 3. The van der Waals surface area contributed by atoms with E-state index in [4.69, 9.17) is 4.74 Å². The van der Waals surface area contributed by atoms with Gasteiger partial charge in [0, 0.05) is 4.43 Å². The minimum atomic E-state index is -0.769. The normalized spacial score (nSPS) is 26.5. The largest absolute Gasteiger partial charge is 0.387 e. The summed E-state index contributed by atoms with van der Waals surface area (Å²) in [6.45, 7) is 0. The Morgan fingerprint density at radius 1 is 1.39 bits per heavy atom. The van der Waals surface area contributed by atoms with E-state index >= 15 is 0 Å². The van der Waals surface area contributed by atoms with Crippen molar-refractivity contribution in [2.24, 2.45) is 5.92 Å². The average Bonchev–Trinajstić information content (AvgIpc) is 2.89. The monoisotopic (exact) mass is 357 g/mol. The molecule has 0 aliphatic carbocycles. The number of aliphatic hydroxyl groups is 1. The molecule has 0 aromatic heterocycles. The summed E-state index contributed by atoms with van der Waals surface area (Å²) < 4.78 is 6.75. The Kier molecular flexibility index (Phi) is 4.98. The first-order chi connectivity index (χ1) is 8.76. The van der Waals surface area contributed by atoms with Gasteiger partial charge in [-0.25, -0.2) is 0 Å². The van der Waals surface area contributed by atoms with Crippen LogP contribution in [0.15, 0.2) is 30.3 Å². The van der Waals surface area contributed by atoms with E-state index < -0.39 is 12.0 Å². The second-order valence-electron chi connectivity index (χ2n) is 4.54. The second-order valence-corrected chi connectivity index (χ2v) is 5.42. The van der Waals surface area contributed by atoms with Gasteiger partial charge in [0.2, 0.25) is 0 Å². The molecule has 1 N–H and O–H groups in total. The predicted molar refractivity (Wildman–Crippen MR) is 77.3 cm³/mol. The van der Waals surface area contributed by atoms with Crippen LogP contribution in [0.1, 0.15) is 24.5 Å². The Labute approximate surface area is 121 Å². The SMILES string of the molecule is N#C[C@H]([C@@H]1CC[C@@H](CI)O1)[C@H](O)c1ccccc1. The minimum Gasteiger partial charge on any atom is -0.387 e. The lowest BCUT2D eigenvalue weighted by molar-refractivity contribution is -0.00685. The second kappa shape index (κ2) is 6.50. The van der Waals surface area contributed by atoms with Crippen LogP contribution >= 0.6 is 22.6 Å². The molecule has 1 saturated heterocycles. The van der Waals surface area contributed by atoms with Crippen LogP contribution in [0.2, 0.25) is 0 Å². The molecule has 2 rings (SSSR count). The maximum absolute atomic E-state index is 10.3. The zero-order valence-electron chi connectivity index (χ0n) is 10.00. The summed E-state index contributed by atoms with van der Waals surface area (Å²) in [5.41, 5.74) is 0.783. The van der Waals surface area contributed by atoms with E-state index in [1.54, 1.807) is 0 Å². The molecule has 0 unspecified atom stereocenters. The average molecular weight is 357 g/mol. The molecule has 3 nitrogen and oxygen atoms in total. The Balaban J connectivity index is 2.08. The number of halogens is 1. The van der Waals surface area contributed by atoms with Crippen LogP contribution < -0.4 is 0 Å². The molecule has 1 aliphatic heterocycles. The molecule has 4 atom stereocenters. The van der Waals surface area contributed by atoms with Crippen molar-refractivity contribution in [3.8, 4) is 6.07 Å². The van der Waals surface area contributed by atoms with Gasteiger partial charge in [0.25, 0.3) is 0 Å². The molecule has 1 heterocycles. The zero-order chi connectivity index (χ0) is 13.0. The molecule has 0 saturated carbocycles. The fourth-order valence-corrected chi connectivity index (χ4v) is 2.97. The molecule has 96 valence electrons. The van der Waals surface area contributed by atoms with E-state index in [0.29, 0.717) is 0 Å². The van der Waals surface area contributed by atoms with Crippen molar-refractivity contribution in [3.63, 3.8) is 0 Å². The van der Waals surface area contributed by atoms with Crippen molar-refractivity contribution in [1.82, 2.24) is 0 Å². The van der Waals surface area contributed by atoms with E-state index in [2.05, 4.69) is 28.7 Å². The molecule has 18 heavy (non-hydrogen) atoms. The van der Waals surface area contributed by atoms with Crippen LogP contribution in [0.25, 0.3) is 0 Å². The van der Waals surface area contributed by atoms with E-state index in [1.165, 1.54) is 0 Å². The summed E-state index contributed by atoms with van der Waals surface area (Å²) in [6, 6.07) is 11.5. The summed E-state index contributed by atoms with van der Waals surface area (Å²) >= 11 is 2.29. The summed E-state index contributed by atoms with van der Waals surface area (Å²) in [5, 5.41) is 19.6. The molecule has 1 aromatic rings. The third kappa shape index (κ3) is 3.02. The molecule has 0 bridgehead atoms. The van der Waals surface area contributed by atoms with Gasteiger partial charge in [0.05, 0.1) is 24.4 Å². The summed E-state index contributed by atoms with van der Waals surface area (Å²) in [7, 11) is 0. The van der Waals surface area contributed by atoms with Crippen LogP contribution in [0.5, 0.6) is 0 Å². The lowest BCUT2D eigenvalue weighted by atomic mass is 9.91. The standard InChI is InChI=1S/C14H16INO2/c15-8-11-6-7-13(18-11)12(9-16)14(17)10-4-2-1-3-5-10/h1-5,11-14,17H,6-8H2/t11-,12+,13-,14+/m0/s1. The van der Waals surface area contributed by atoms with Gasteiger partial charge in [-0.15, -0.1) is 0 Å². The van der Waals surface area contributed by atoms with Crippen LogP contribution in [-0.4, -0.2) is 21.7 Å². The molecule has 4 heteroatoms. The van der Waals surface area contributed by atoms with E-state index in [0.717, 1.165) is 22.8 Å². The quantitative estimate of drug-likeness (QED) is 0.666. The van der Waals surface area contributed by atoms with Gasteiger partial charge in [0.15, 0.2) is 0 Å². The first-order valence-electron chi connectivity index (χ1n) is 6.10. The highest BCUT2D eigenvalue weighted by molar-refractivity contribution is 14.1. The van der Waals surface area contributed by atoms with E-state index in [9.17, 15) is 10.4 Å². The van der Waals surface area contributed by atoms with Gasteiger partial charge in [-0.05, 0) is 18.4 Å². The molecule has 1 fully saturated rings. The van der Waals surface area contributed by atoms with E-state index in [-0.39, 0.29) is 12.2 Å². The highest BCUT2D eigenvalue weighted by Crippen LogP contribution is 2.33. The van der Waals surface area contributed by atoms with Gasteiger partial charge in [-0.1, -0.05) is 52.9 Å². The van der Waals surface area contributed by atoms with Crippen molar-refractivity contribution in [1.29, 1.82) is 5.26 Å². The van der Waals surface area contributed by atoms with E-state index in [1.807, 2.05) is 30.3 Å². The maximum atomic E-state index is 10.3. The van der Waals surface area contributed by atoms with Gasteiger partial charge >= 0.3 is 0 Å². The summed E-state index contributed by atoms with van der Waals surface area (Å²) in [5.74, 6) is -0.486. The fraction of sp³-hybridized carbons (Fsp3) is 0.500. The van der Waals surface area contributed by atoms with Crippen molar-refractivity contribution < 1.29 is 9.84 Å². The first kappa shape index (κ1) is 13.8. The maximum Gasteiger partial charge on any atom is 0.103 e. The highest BCUT2D eigenvalue weighted by atomic mass is 127. The lowest BCUT2D eigenvalue weighted by Gasteiger charge is -2.22. The Bertz CT molecular complexity index is 418. The molecule has 0 radical (unpaired) electrons. The number of benzene rings is 1. The molecule has 0 amide bonds. The number of alkyl halides is 1. The number of rotatable bonds is 4. The van der Waals surface area contributed by atoms with Crippen molar-refractivity contribution in [2.45, 2.75) is 31.2 Å². The number of aliphatic hydroxyl groups excluding tert-OH is 1. The smallest absolute Gasteiger partial charge is 0.103 e. The van der Waals surface area contributed by atoms with Crippen LogP contribution in [0, 0.1) is 17.2 Å². The third-order valence-corrected chi connectivity index (χ3v) is 4.33. The predicted octanol–water partition coefficient (Wildman–Crippen LogP) is 2.84. The first-order valence-corrected chi connectivity index (χ1v) is 7.63. The van der Waals surface area contributed by atoms with Gasteiger partial charge in [-0.2, -0.15) is 5.26 Å². The summed E-state index contributed by atoms with van der Waals surface area (Å²) in [4.78, 5) is 0. The Morgan fingerprint density at radius 3 is 2.67 bits per heavy atom. The van der Waals surface area contributed by atoms with Gasteiger partial charge in [-0.3, -0.25) is 0 Å². The van der Waals surface area contributed by atoms with Crippen LogP contribution in [-0.2, 0) is 4.74 Å². The fourth-order valence-electron chi connectivity index (χ4n) is 2.33. The minimum absolute atomic E-state index is 0.148. The molecular formula is C14H16INO2. The third-order valence-electron chi connectivity index (χ3n) is 3.34. The van der Waals surface area contributed by atoms with Crippen molar-refractivity contribution >= 4 is 22.6 Å². The Hall–Kier alpha value is -0.640. The Morgan fingerprint density at radius 2 is 2.11 bits per heavy atom. The summed E-state index contributed by atoms with van der Waals surface area (Å²) in [6.07, 6.45) is 1.15. The van der Waals surface area contributed by atoms with Crippen molar-refractivity contribution in [3.05, 3.63) is 35.9 Å². The molecule has 1 aromatic carbocycles. The number of nitriles is 1. The highest BCUT2D eigenvalue weighted by Gasteiger charge is 2.35. The molecular weight excluding hydrogens is 341 g/mol. The van der Waals surface area contributed by atoms with Crippen molar-refractivity contribution in [2.75, 3.05) is 4.43 Å². The lowest BCUT2D eigenvalue weighted by Crippen LogP contribution is -2.26. The molecule has 0 spiro atoms. The van der Waals surface area contributed by atoms with Crippen LogP contribution in [0.3, 0.4) is 0 Å². The topological polar surface area (TPSA) is 53.2 Å². The zero-order valence-corrected chi connectivity index (χ0v) is 12.2. The number of ether oxygens (including phenoxy) is 1.